The molecule has 0 atom stereocenters. The number of amides is 1. The molecular weight excluding hydrogens is 254 g/mol. The molecule has 0 aliphatic heterocycles. The molecule has 0 aliphatic rings. The Balaban J connectivity index is 1.85. The zero-order valence-corrected chi connectivity index (χ0v) is 11.1. The number of nitrogens with one attached hydrogen (secondary N) is 1. The fourth-order valence-electron chi connectivity index (χ4n) is 1.63. The summed E-state index contributed by atoms with van der Waals surface area (Å²) in [5, 5.41) is 2.74. The molecule has 0 bridgehead atoms. The van der Waals surface area contributed by atoms with Crippen molar-refractivity contribution in [3.05, 3.63) is 59.7 Å². The van der Waals surface area contributed by atoms with Gasteiger partial charge in [-0.05, 0) is 43.3 Å². The van der Waals surface area contributed by atoms with E-state index in [1.54, 1.807) is 24.3 Å². The fourth-order valence-corrected chi connectivity index (χ4v) is 1.63. The first-order valence-corrected chi connectivity index (χ1v) is 6.22. The van der Waals surface area contributed by atoms with Gasteiger partial charge in [-0.2, -0.15) is 0 Å². The highest BCUT2D eigenvalue weighted by Gasteiger charge is 2.03. The molecule has 102 valence electrons. The minimum absolute atomic E-state index is 0.0751. The highest BCUT2D eigenvalue weighted by Crippen LogP contribution is 2.12. The lowest BCUT2D eigenvalue weighted by atomic mass is 10.2. The van der Waals surface area contributed by atoms with Crippen molar-refractivity contribution in [3.8, 4) is 5.75 Å². The summed E-state index contributed by atoms with van der Waals surface area (Å²) in [6.07, 6.45) is 0.758. The van der Waals surface area contributed by atoms with Gasteiger partial charge in [-0.25, -0.2) is 0 Å². The van der Waals surface area contributed by atoms with E-state index in [1.165, 1.54) is 0 Å². The number of ether oxygens (including phenoxy) is 1. The third kappa shape index (κ3) is 3.95. The Labute approximate surface area is 117 Å². The van der Waals surface area contributed by atoms with Crippen molar-refractivity contribution in [2.45, 2.75) is 6.92 Å². The van der Waals surface area contributed by atoms with Crippen LogP contribution in [0.5, 0.6) is 5.75 Å². The average Bonchev–Trinajstić information content (AvgIpc) is 2.48. The van der Waals surface area contributed by atoms with Crippen molar-refractivity contribution in [3.63, 3.8) is 0 Å². The second-order valence-electron chi connectivity index (χ2n) is 4.39. The molecule has 0 aromatic heterocycles. The number of hydrogen-bond donors (Lipinski definition) is 1. The van der Waals surface area contributed by atoms with Crippen LogP contribution in [0.4, 0.5) is 5.69 Å². The molecule has 4 heteroatoms. The summed E-state index contributed by atoms with van der Waals surface area (Å²) >= 11 is 0. The maximum atomic E-state index is 11.7. The monoisotopic (exact) mass is 269 g/mol. The third-order valence-corrected chi connectivity index (χ3v) is 2.72. The molecule has 0 radical (unpaired) electrons. The van der Waals surface area contributed by atoms with Gasteiger partial charge in [0.15, 0.2) is 6.61 Å². The number of carbonyl (C=O) groups is 2. The lowest BCUT2D eigenvalue weighted by molar-refractivity contribution is -0.118. The lowest BCUT2D eigenvalue weighted by Gasteiger charge is -2.07. The van der Waals surface area contributed by atoms with E-state index in [-0.39, 0.29) is 12.5 Å². The summed E-state index contributed by atoms with van der Waals surface area (Å²) < 4.78 is 5.34. The van der Waals surface area contributed by atoms with Crippen molar-refractivity contribution < 1.29 is 14.3 Å². The van der Waals surface area contributed by atoms with Crippen LogP contribution in [0.3, 0.4) is 0 Å². The topological polar surface area (TPSA) is 55.4 Å². The standard InChI is InChI=1S/C16H15NO3/c1-12-2-6-14(7-3-12)17-16(19)11-20-15-8-4-13(10-18)5-9-15/h2-10H,11H2,1H3,(H,17,19). The zero-order valence-electron chi connectivity index (χ0n) is 11.1. The molecule has 2 aromatic carbocycles. The Morgan fingerprint density at radius 2 is 1.75 bits per heavy atom. The molecule has 1 amide bonds. The highest BCUT2D eigenvalue weighted by molar-refractivity contribution is 5.91. The van der Waals surface area contributed by atoms with Crippen LogP contribution in [0.15, 0.2) is 48.5 Å². The summed E-state index contributed by atoms with van der Waals surface area (Å²) in [5.41, 5.74) is 2.44. The summed E-state index contributed by atoms with van der Waals surface area (Å²) in [5.74, 6) is 0.322. The normalized spacial score (nSPS) is 9.85. The number of rotatable bonds is 5. The SMILES string of the molecule is Cc1ccc(NC(=O)COc2ccc(C=O)cc2)cc1. The Morgan fingerprint density at radius 1 is 1.10 bits per heavy atom. The highest BCUT2D eigenvalue weighted by atomic mass is 16.5. The molecule has 0 fully saturated rings. The van der Waals surface area contributed by atoms with Crippen LogP contribution in [-0.2, 0) is 4.79 Å². The van der Waals surface area contributed by atoms with E-state index in [2.05, 4.69) is 5.32 Å². The molecule has 0 saturated heterocycles. The van der Waals surface area contributed by atoms with Gasteiger partial charge in [-0.15, -0.1) is 0 Å². The minimum Gasteiger partial charge on any atom is -0.484 e. The molecule has 0 spiro atoms. The van der Waals surface area contributed by atoms with Crippen LogP contribution < -0.4 is 10.1 Å². The Morgan fingerprint density at radius 3 is 2.35 bits per heavy atom. The summed E-state index contributed by atoms with van der Waals surface area (Å²) in [4.78, 5) is 22.2. The molecule has 20 heavy (non-hydrogen) atoms. The van der Waals surface area contributed by atoms with Gasteiger partial charge >= 0.3 is 0 Å². The predicted octanol–water partition coefficient (Wildman–Crippen LogP) is 2.83. The van der Waals surface area contributed by atoms with Crippen LogP contribution in [0.25, 0.3) is 0 Å². The Bertz CT molecular complexity index is 588. The maximum Gasteiger partial charge on any atom is 0.262 e. The van der Waals surface area contributed by atoms with Gasteiger partial charge in [0, 0.05) is 11.3 Å². The van der Waals surface area contributed by atoms with Gasteiger partial charge in [0.05, 0.1) is 0 Å². The summed E-state index contributed by atoms with van der Waals surface area (Å²) in [6, 6.07) is 14.1. The van der Waals surface area contributed by atoms with Crippen molar-refractivity contribution in [2.24, 2.45) is 0 Å². The minimum atomic E-state index is -0.228. The van der Waals surface area contributed by atoms with Gasteiger partial charge in [-0.1, -0.05) is 17.7 Å². The smallest absolute Gasteiger partial charge is 0.262 e. The number of carbonyl (C=O) groups excluding carboxylic acids is 2. The first kappa shape index (κ1) is 13.8. The second kappa shape index (κ2) is 6.52. The van der Waals surface area contributed by atoms with E-state index in [1.807, 2.05) is 31.2 Å². The van der Waals surface area contributed by atoms with Crippen LogP contribution >= 0.6 is 0 Å². The van der Waals surface area contributed by atoms with Gasteiger partial charge < -0.3 is 10.1 Å². The zero-order chi connectivity index (χ0) is 14.4. The number of aryl methyl sites for hydroxylation is 1. The molecular formula is C16H15NO3. The number of benzene rings is 2. The number of aldehydes is 1. The Kier molecular flexibility index (Phi) is 4.50. The largest absolute Gasteiger partial charge is 0.484 e. The summed E-state index contributed by atoms with van der Waals surface area (Å²) in [7, 11) is 0. The third-order valence-electron chi connectivity index (χ3n) is 2.72. The van der Waals surface area contributed by atoms with E-state index in [0.717, 1.165) is 17.5 Å². The van der Waals surface area contributed by atoms with Crippen molar-refractivity contribution in [1.82, 2.24) is 0 Å². The molecule has 0 heterocycles. The number of anilines is 1. The van der Waals surface area contributed by atoms with E-state index < -0.39 is 0 Å². The van der Waals surface area contributed by atoms with Crippen LogP contribution in [0.2, 0.25) is 0 Å². The predicted molar refractivity (Wildman–Crippen MR) is 77.1 cm³/mol. The molecule has 4 nitrogen and oxygen atoms in total. The summed E-state index contributed by atoms with van der Waals surface area (Å²) in [6.45, 7) is 1.91. The van der Waals surface area contributed by atoms with E-state index in [9.17, 15) is 9.59 Å². The van der Waals surface area contributed by atoms with E-state index in [0.29, 0.717) is 11.3 Å². The Hall–Kier alpha value is -2.62. The molecule has 0 aliphatic carbocycles. The maximum absolute atomic E-state index is 11.7. The van der Waals surface area contributed by atoms with E-state index in [4.69, 9.17) is 4.74 Å². The molecule has 0 unspecified atom stereocenters. The van der Waals surface area contributed by atoms with Crippen molar-refractivity contribution in [1.29, 1.82) is 0 Å². The quantitative estimate of drug-likeness (QED) is 0.849. The molecule has 2 aromatic rings. The second-order valence-corrected chi connectivity index (χ2v) is 4.39. The fraction of sp³-hybridized carbons (Fsp3) is 0.125. The molecule has 0 saturated carbocycles. The van der Waals surface area contributed by atoms with Crippen LogP contribution in [0, 0.1) is 6.92 Å². The van der Waals surface area contributed by atoms with Gasteiger partial charge in [0.2, 0.25) is 0 Å². The van der Waals surface area contributed by atoms with E-state index >= 15 is 0 Å². The lowest BCUT2D eigenvalue weighted by Crippen LogP contribution is -2.20. The molecule has 1 N–H and O–H groups in total. The van der Waals surface area contributed by atoms with Gasteiger partial charge in [0.1, 0.15) is 12.0 Å². The van der Waals surface area contributed by atoms with Crippen molar-refractivity contribution >= 4 is 17.9 Å². The number of hydrogen-bond acceptors (Lipinski definition) is 3. The van der Waals surface area contributed by atoms with Gasteiger partial charge in [-0.3, -0.25) is 9.59 Å². The first-order valence-electron chi connectivity index (χ1n) is 6.22. The van der Waals surface area contributed by atoms with Gasteiger partial charge in [0.25, 0.3) is 5.91 Å². The van der Waals surface area contributed by atoms with Crippen molar-refractivity contribution in [2.75, 3.05) is 11.9 Å². The average molecular weight is 269 g/mol. The first-order chi connectivity index (χ1) is 9.67. The van der Waals surface area contributed by atoms with Crippen LogP contribution in [-0.4, -0.2) is 18.8 Å². The van der Waals surface area contributed by atoms with Crippen LogP contribution in [0.1, 0.15) is 15.9 Å². The molecule has 2 rings (SSSR count).